The number of fused-ring (bicyclic) bond motifs is 1. The van der Waals surface area contributed by atoms with Crippen LogP contribution in [0.5, 0.6) is 0 Å². The van der Waals surface area contributed by atoms with Crippen LogP contribution in [0.3, 0.4) is 0 Å². The van der Waals surface area contributed by atoms with Gasteiger partial charge in [-0.25, -0.2) is 4.79 Å². The predicted molar refractivity (Wildman–Crippen MR) is 97.2 cm³/mol. The highest BCUT2D eigenvalue weighted by atomic mass is 35.5. The highest BCUT2D eigenvalue weighted by molar-refractivity contribution is 7.99. The Kier molecular flexibility index (Phi) is 5.01. The molecule has 1 aromatic heterocycles. The molecule has 132 valence electrons. The Bertz CT molecular complexity index is 811. The molecule has 0 bridgehead atoms. The maximum atomic E-state index is 11.8. The number of alkyl carbamates (subject to hydrolysis) is 1. The summed E-state index contributed by atoms with van der Waals surface area (Å²) in [6, 6.07) is 7.51. The minimum absolute atomic E-state index is 0.180. The predicted octanol–water partition coefficient (Wildman–Crippen LogP) is 3.31. The van der Waals surface area contributed by atoms with Gasteiger partial charge in [0.05, 0.1) is 12.3 Å². The van der Waals surface area contributed by atoms with Crippen molar-refractivity contribution in [2.75, 3.05) is 5.75 Å². The van der Waals surface area contributed by atoms with E-state index in [1.807, 2.05) is 45.0 Å². The lowest BCUT2D eigenvalue weighted by Gasteiger charge is -2.19. The zero-order chi connectivity index (χ0) is 18.0. The summed E-state index contributed by atoms with van der Waals surface area (Å²) in [4.78, 5) is 11.8. The number of amides is 1. The van der Waals surface area contributed by atoms with Crippen molar-refractivity contribution >= 4 is 35.2 Å². The summed E-state index contributed by atoms with van der Waals surface area (Å²) in [6.07, 6.45) is -0.504. The zero-order valence-electron chi connectivity index (χ0n) is 14.1. The number of thioether (sulfide) groups is 1. The normalized spacial score (nSPS) is 13.8. The molecule has 1 aliphatic rings. The molecule has 2 heterocycles. The van der Waals surface area contributed by atoms with E-state index in [-0.39, 0.29) is 6.54 Å². The van der Waals surface area contributed by atoms with E-state index in [9.17, 15) is 4.79 Å². The van der Waals surface area contributed by atoms with Crippen LogP contribution in [0.2, 0.25) is 5.02 Å². The van der Waals surface area contributed by atoms with Crippen molar-refractivity contribution < 1.29 is 9.53 Å². The molecular formula is C16H18ClN5O2S. The lowest BCUT2D eigenvalue weighted by Crippen LogP contribution is -2.32. The number of hydrogen-bond donors (Lipinski definition) is 1. The molecule has 0 atom stereocenters. The minimum atomic E-state index is -0.551. The first-order valence-corrected chi connectivity index (χ1v) is 9.06. The van der Waals surface area contributed by atoms with E-state index in [1.165, 1.54) is 0 Å². The highest BCUT2D eigenvalue weighted by Gasteiger charge is 2.21. The minimum Gasteiger partial charge on any atom is -0.444 e. The molecule has 0 saturated carbocycles. The first-order chi connectivity index (χ1) is 11.8. The van der Waals surface area contributed by atoms with Gasteiger partial charge in [0, 0.05) is 10.8 Å². The van der Waals surface area contributed by atoms with Crippen molar-refractivity contribution in [1.82, 2.24) is 20.2 Å². The van der Waals surface area contributed by atoms with Crippen LogP contribution in [0, 0.1) is 0 Å². The van der Waals surface area contributed by atoms with Gasteiger partial charge in [-0.3, -0.25) is 0 Å². The van der Waals surface area contributed by atoms with Crippen molar-refractivity contribution in [3.63, 3.8) is 0 Å². The van der Waals surface area contributed by atoms with Crippen LogP contribution < -0.4 is 5.32 Å². The molecule has 7 nitrogen and oxygen atoms in total. The summed E-state index contributed by atoms with van der Waals surface area (Å²) in [7, 11) is 0. The number of aromatic nitrogens is 3. The fraction of sp³-hybridized carbons (Fsp3) is 0.375. The van der Waals surface area contributed by atoms with E-state index in [2.05, 4.69) is 20.6 Å². The Balaban J connectivity index is 1.75. The summed E-state index contributed by atoms with van der Waals surface area (Å²) in [5.41, 5.74) is 1.33. The second-order valence-electron chi connectivity index (χ2n) is 6.41. The second kappa shape index (κ2) is 7.05. The molecule has 9 heteroatoms. The lowest BCUT2D eigenvalue weighted by molar-refractivity contribution is 0.0521. The van der Waals surface area contributed by atoms with Gasteiger partial charge >= 0.3 is 6.09 Å². The molecule has 0 fully saturated rings. The van der Waals surface area contributed by atoms with Crippen molar-refractivity contribution in [2.24, 2.45) is 5.10 Å². The van der Waals surface area contributed by atoms with Crippen LogP contribution in [0.4, 0.5) is 4.79 Å². The number of rotatable bonds is 3. The molecule has 1 N–H and O–H groups in total. The smallest absolute Gasteiger partial charge is 0.408 e. The third-order valence-electron chi connectivity index (χ3n) is 3.20. The van der Waals surface area contributed by atoms with Crippen molar-refractivity contribution in [3.05, 3.63) is 40.7 Å². The number of hydrogen-bond acceptors (Lipinski definition) is 6. The van der Waals surface area contributed by atoms with E-state index in [0.717, 1.165) is 11.3 Å². The molecule has 25 heavy (non-hydrogen) atoms. The zero-order valence-corrected chi connectivity index (χ0v) is 15.7. The van der Waals surface area contributed by atoms with Crippen molar-refractivity contribution in [3.8, 4) is 0 Å². The highest BCUT2D eigenvalue weighted by Crippen LogP contribution is 2.24. The van der Waals surface area contributed by atoms with Gasteiger partial charge in [-0.2, -0.15) is 9.78 Å². The second-order valence-corrected chi connectivity index (χ2v) is 7.79. The van der Waals surface area contributed by atoms with Gasteiger partial charge in [-0.05, 0) is 38.5 Å². The van der Waals surface area contributed by atoms with E-state index >= 15 is 0 Å². The molecule has 1 aliphatic heterocycles. The maximum Gasteiger partial charge on any atom is 0.408 e. The van der Waals surface area contributed by atoms with Crippen LogP contribution >= 0.6 is 23.4 Å². The number of halogens is 1. The van der Waals surface area contributed by atoms with Crippen LogP contribution in [-0.2, 0) is 11.3 Å². The lowest BCUT2D eigenvalue weighted by atomic mass is 10.1. The van der Waals surface area contributed by atoms with E-state index in [0.29, 0.717) is 21.8 Å². The van der Waals surface area contributed by atoms with Gasteiger partial charge in [-0.1, -0.05) is 35.5 Å². The van der Waals surface area contributed by atoms with E-state index < -0.39 is 11.7 Å². The Morgan fingerprint density at radius 2 is 2.04 bits per heavy atom. The molecule has 0 radical (unpaired) electrons. The molecule has 1 aromatic carbocycles. The largest absolute Gasteiger partial charge is 0.444 e. The summed E-state index contributed by atoms with van der Waals surface area (Å²) < 4.78 is 6.87. The first kappa shape index (κ1) is 17.8. The Morgan fingerprint density at radius 3 is 2.72 bits per heavy atom. The quantitative estimate of drug-likeness (QED) is 0.884. The third kappa shape index (κ3) is 4.52. The first-order valence-electron chi connectivity index (χ1n) is 7.69. The Labute approximate surface area is 154 Å². The molecule has 0 unspecified atom stereocenters. The summed E-state index contributed by atoms with van der Waals surface area (Å²) in [5.74, 6) is 1.23. The van der Waals surface area contributed by atoms with Gasteiger partial charge in [0.1, 0.15) is 5.60 Å². The fourth-order valence-electron chi connectivity index (χ4n) is 2.13. The summed E-state index contributed by atoms with van der Waals surface area (Å²) >= 11 is 7.48. The SMILES string of the molecule is CC(C)(C)OC(=O)NCc1nnc2n1N=C(c1ccc(Cl)cc1)CS2. The third-order valence-corrected chi connectivity index (χ3v) is 4.39. The van der Waals surface area contributed by atoms with Crippen LogP contribution in [0.1, 0.15) is 32.2 Å². The van der Waals surface area contributed by atoms with Crippen LogP contribution in [0.15, 0.2) is 34.5 Å². The molecule has 1 amide bonds. The van der Waals surface area contributed by atoms with Gasteiger partial charge in [0.25, 0.3) is 0 Å². The maximum absolute atomic E-state index is 11.8. The number of ether oxygens (including phenoxy) is 1. The van der Waals surface area contributed by atoms with Gasteiger partial charge in [0.2, 0.25) is 5.16 Å². The number of carbonyl (C=O) groups excluding carboxylic acids is 1. The van der Waals surface area contributed by atoms with Gasteiger partial charge in [-0.15, -0.1) is 10.2 Å². The van der Waals surface area contributed by atoms with E-state index in [1.54, 1.807) is 16.4 Å². The number of benzene rings is 1. The number of carbonyl (C=O) groups is 1. The average Bonchev–Trinajstić information content (AvgIpc) is 2.94. The van der Waals surface area contributed by atoms with Gasteiger partial charge < -0.3 is 10.1 Å². The topological polar surface area (TPSA) is 81.4 Å². The molecule has 2 aromatic rings. The molecule has 0 saturated heterocycles. The van der Waals surface area contributed by atoms with E-state index in [4.69, 9.17) is 16.3 Å². The van der Waals surface area contributed by atoms with Crippen molar-refractivity contribution in [1.29, 1.82) is 0 Å². The monoisotopic (exact) mass is 379 g/mol. The van der Waals surface area contributed by atoms with Crippen molar-refractivity contribution in [2.45, 2.75) is 38.1 Å². The molecule has 0 spiro atoms. The Morgan fingerprint density at radius 1 is 1.32 bits per heavy atom. The number of nitrogens with zero attached hydrogens (tertiary/aromatic N) is 4. The van der Waals surface area contributed by atoms with Crippen LogP contribution in [-0.4, -0.2) is 38.0 Å². The summed E-state index contributed by atoms with van der Waals surface area (Å²) in [5, 5.41) is 16.9. The molecule has 0 aliphatic carbocycles. The number of nitrogens with one attached hydrogen (secondary N) is 1. The fourth-order valence-corrected chi connectivity index (χ4v) is 3.11. The standard InChI is InChI=1S/C16H18ClN5O2S/c1-16(2,3)24-15(23)18-8-13-19-20-14-22(13)21-12(9-25-14)10-4-6-11(17)7-5-10/h4-7H,8-9H2,1-3H3,(H,18,23). The van der Waals surface area contributed by atoms with Crippen LogP contribution in [0.25, 0.3) is 0 Å². The molecule has 3 rings (SSSR count). The average molecular weight is 380 g/mol. The molecular weight excluding hydrogens is 362 g/mol. The van der Waals surface area contributed by atoms with Gasteiger partial charge in [0.15, 0.2) is 5.82 Å². The summed E-state index contributed by atoms with van der Waals surface area (Å²) in [6.45, 7) is 5.61. The Hall–Kier alpha value is -2.06.